The van der Waals surface area contributed by atoms with Gasteiger partial charge in [0.2, 0.25) is 0 Å². The third-order valence-electron chi connectivity index (χ3n) is 2.67. The van der Waals surface area contributed by atoms with Crippen LogP contribution in [0.2, 0.25) is 0 Å². The van der Waals surface area contributed by atoms with Crippen LogP contribution in [0.5, 0.6) is 0 Å². The van der Waals surface area contributed by atoms with Crippen molar-refractivity contribution in [3.63, 3.8) is 0 Å². The van der Waals surface area contributed by atoms with Gasteiger partial charge >= 0.3 is 0 Å². The monoisotopic (exact) mass is 355 g/mol. The lowest BCUT2D eigenvalue weighted by Gasteiger charge is -2.13. The van der Waals surface area contributed by atoms with Crippen LogP contribution in [0.3, 0.4) is 0 Å². The van der Waals surface area contributed by atoms with E-state index in [9.17, 15) is 21.8 Å². The van der Waals surface area contributed by atoms with Crippen molar-refractivity contribution in [1.29, 1.82) is 0 Å². The van der Waals surface area contributed by atoms with Crippen molar-refractivity contribution in [3.05, 3.63) is 29.6 Å². The second kappa shape index (κ2) is 7.33. The predicted molar refractivity (Wildman–Crippen MR) is 79.9 cm³/mol. The molecule has 0 fully saturated rings. The fourth-order valence-electron chi connectivity index (χ4n) is 1.55. The van der Waals surface area contributed by atoms with Gasteiger partial charge in [-0.1, -0.05) is 0 Å². The summed E-state index contributed by atoms with van der Waals surface area (Å²) in [7, 11) is -0.127. The summed E-state index contributed by atoms with van der Waals surface area (Å²) in [5.41, 5.74) is -0.0138. The van der Waals surface area contributed by atoms with E-state index in [2.05, 4.69) is 5.32 Å². The molecule has 0 aliphatic carbocycles. The van der Waals surface area contributed by atoms with Crippen LogP contribution in [0.15, 0.2) is 23.1 Å². The summed E-state index contributed by atoms with van der Waals surface area (Å²) in [6.45, 7) is 1.73. The zero-order chi connectivity index (χ0) is 16.2. The average Bonchev–Trinajstić information content (AvgIpc) is 2.35. The molecule has 0 saturated carbocycles. The summed E-state index contributed by atoms with van der Waals surface area (Å²) < 4.78 is 46.7. The number of carbonyl (C=O) groups is 1. The lowest BCUT2D eigenvalue weighted by Crippen LogP contribution is -2.33. The zero-order valence-electron chi connectivity index (χ0n) is 11.4. The molecular weight excluding hydrogens is 341 g/mol. The van der Waals surface area contributed by atoms with Crippen LogP contribution in [0, 0.1) is 5.82 Å². The summed E-state index contributed by atoms with van der Waals surface area (Å²) in [5.74, 6) is -1.13. The molecule has 1 aromatic rings. The first-order valence-corrected chi connectivity index (χ1v) is 10.00. The van der Waals surface area contributed by atoms with Crippen molar-refractivity contribution < 1.29 is 21.8 Å². The van der Waals surface area contributed by atoms with E-state index in [0.29, 0.717) is 12.2 Å². The summed E-state index contributed by atoms with van der Waals surface area (Å²) in [6, 6.07) is 2.68. The minimum atomic E-state index is -4.26. The maximum absolute atomic E-state index is 13.4. The number of rotatable bonds is 6. The molecule has 118 valence electrons. The average molecular weight is 356 g/mol. The SMILES string of the molecule is CC(CCS(C)=O)NC(=O)c1ccc(F)c(S(=O)(=O)Cl)c1. The smallest absolute Gasteiger partial charge is 0.264 e. The fraction of sp³-hybridized carbons (Fsp3) is 0.417. The number of halogens is 2. The van der Waals surface area contributed by atoms with E-state index < -0.39 is 36.5 Å². The van der Waals surface area contributed by atoms with E-state index in [4.69, 9.17) is 10.7 Å². The molecule has 0 bridgehead atoms. The lowest BCUT2D eigenvalue weighted by molar-refractivity contribution is 0.0939. The minimum Gasteiger partial charge on any atom is -0.350 e. The summed E-state index contributed by atoms with van der Waals surface area (Å²) in [5, 5.41) is 2.62. The van der Waals surface area contributed by atoms with Crippen LogP contribution >= 0.6 is 10.7 Å². The summed E-state index contributed by atoms with van der Waals surface area (Å²) in [6.07, 6.45) is 2.07. The van der Waals surface area contributed by atoms with Crippen molar-refractivity contribution in [1.82, 2.24) is 5.32 Å². The van der Waals surface area contributed by atoms with Crippen molar-refractivity contribution in [2.45, 2.75) is 24.3 Å². The number of hydrogen-bond acceptors (Lipinski definition) is 4. The number of benzene rings is 1. The van der Waals surface area contributed by atoms with E-state index in [-0.39, 0.29) is 11.6 Å². The molecule has 0 aliphatic heterocycles. The maximum atomic E-state index is 13.4. The molecule has 0 aromatic heterocycles. The fourth-order valence-corrected chi connectivity index (χ4v) is 3.16. The normalized spacial score (nSPS) is 14.5. The Morgan fingerprint density at radius 3 is 2.62 bits per heavy atom. The van der Waals surface area contributed by atoms with Crippen LogP contribution in [0.4, 0.5) is 4.39 Å². The molecule has 21 heavy (non-hydrogen) atoms. The second-order valence-electron chi connectivity index (χ2n) is 4.52. The number of hydrogen-bond donors (Lipinski definition) is 1. The Kier molecular flexibility index (Phi) is 6.30. The van der Waals surface area contributed by atoms with Crippen molar-refractivity contribution >= 4 is 36.4 Å². The highest BCUT2D eigenvalue weighted by molar-refractivity contribution is 8.13. The molecule has 0 saturated heterocycles. The lowest BCUT2D eigenvalue weighted by atomic mass is 10.2. The first kappa shape index (κ1) is 18.1. The summed E-state index contributed by atoms with van der Waals surface area (Å²) in [4.78, 5) is 11.2. The third kappa shape index (κ3) is 5.72. The molecular formula is C12H15ClFNO4S2. The van der Waals surface area contributed by atoms with Gasteiger partial charge in [0.05, 0.1) is 0 Å². The Bertz CT molecular complexity index is 663. The molecule has 2 unspecified atom stereocenters. The maximum Gasteiger partial charge on any atom is 0.264 e. The van der Waals surface area contributed by atoms with Crippen LogP contribution in [-0.4, -0.2) is 36.6 Å². The van der Waals surface area contributed by atoms with E-state index in [0.717, 1.165) is 12.1 Å². The second-order valence-corrected chi connectivity index (χ2v) is 8.61. The largest absolute Gasteiger partial charge is 0.350 e. The Morgan fingerprint density at radius 2 is 2.10 bits per heavy atom. The van der Waals surface area contributed by atoms with Gasteiger partial charge < -0.3 is 5.32 Å². The third-order valence-corrected chi connectivity index (χ3v) is 4.82. The molecule has 1 N–H and O–H groups in total. The van der Waals surface area contributed by atoms with Crippen LogP contribution in [0.25, 0.3) is 0 Å². The first-order valence-electron chi connectivity index (χ1n) is 5.96. The molecule has 1 rings (SSSR count). The molecule has 5 nitrogen and oxygen atoms in total. The van der Waals surface area contributed by atoms with Gasteiger partial charge in [0.15, 0.2) is 0 Å². The molecule has 1 amide bonds. The van der Waals surface area contributed by atoms with Gasteiger partial charge in [-0.05, 0) is 31.5 Å². The topological polar surface area (TPSA) is 80.3 Å². The van der Waals surface area contributed by atoms with Gasteiger partial charge in [-0.3, -0.25) is 9.00 Å². The quantitative estimate of drug-likeness (QED) is 0.787. The van der Waals surface area contributed by atoms with E-state index >= 15 is 0 Å². The molecule has 1 aromatic carbocycles. The molecule has 9 heteroatoms. The Labute approximate surface area is 129 Å². The zero-order valence-corrected chi connectivity index (χ0v) is 13.8. The highest BCUT2D eigenvalue weighted by atomic mass is 35.7. The molecule has 0 aliphatic rings. The number of nitrogens with one attached hydrogen (secondary N) is 1. The van der Waals surface area contributed by atoms with Crippen LogP contribution < -0.4 is 5.32 Å². The predicted octanol–water partition coefficient (Wildman–Crippen LogP) is 1.64. The number of carbonyl (C=O) groups excluding carboxylic acids is 1. The summed E-state index contributed by atoms with van der Waals surface area (Å²) >= 11 is 0. The van der Waals surface area contributed by atoms with Crippen molar-refractivity contribution in [2.24, 2.45) is 0 Å². The molecule has 0 heterocycles. The number of amides is 1. The van der Waals surface area contributed by atoms with E-state index in [1.165, 1.54) is 6.07 Å². The van der Waals surface area contributed by atoms with Gasteiger partial charge in [0, 0.05) is 45.1 Å². The van der Waals surface area contributed by atoms with Crippen LogP contribution in [0.1, 0.15) is 23.7 Å². The van der Waals surface area contributed by atoms with E-state index in [1.54, 1.807) is 13.2 Å². The van der Waals surface area contributed by atoms with Gasteiger partial charge in [-0.15, -0.1) is 0 Å². The molecule has 2 atom stereocenters. The van der Waals surface area contributed by atoms with Gasteiger partial charge in [0.25, 0.3) is 15.0 Å². The van der Waals surface area contributed by atoms with Crippen molar-refractivity contribution in [2.75, 3.05) is 12.0 Å². The van der Waals surface area contributed by atoms with Gasteiger partial charge in [0.1, 0.15) is 10.7 Å². The first-order chi connectivity index (χ1) is 9.61. The van der Waals surface area contributed by atoms with Crippen LogP contribution in [-0.2, 0) is 19.9 Å². The minimum absolute atomic E-state index is 0.0138. The standard InChI is InChI=1S/C12H15ClFNO4S2/c1-8(5-6-20(2)17)15-12(16)9-3-4-10(14)11(7-9)21(13,18)19/h3-4,7-8H,5-6H2,1-2H3,(H,15,16). The van der Waals surface area contributed by atoms with E-state index in [1.807, 2.05) is 0 Å². The Balaban J connectivity index is 2.87. The highest BCUT2D eigenvalue weighted by Gasteiger charge is 2.19. The molecule has 0 radical (unpaired) electrons. The Hall–Kier alpha value is -0.990. The van der Waals surface area contributed by atoms with Gasteiger partial charge in [-0.2, -0.15) is 0 Å². The highest BCUT2D eigenvalue weighted by Crippen LogP contribution is 2.20. The molecule has 0 spiro atoms. The van der Waals surface area contributed by atoms with Crippen molar-refractivity contribution in [3.8, 4) is 0 Å². The van der Waals surface area contributed by atoms with Gasteiger partial charge in [-0.25, -0.2) is 12.8 Å². The Morgan fingerprint density at radius 1 is 1.48 bits per heavy atom.